The Bertz CT molecular complexity index is 1220. The van der Waals surface area contributed by atoms with E-state index in [0.29, 0.717) is 16.3 Å². The summed E-state index contributed by atoms with van der Waals surface area (Å²) >= 11 is 6.39. The molecule has 1 amide bonds. The van der Waals surface area contributed by atoms with E-state index in [2.05, 4.69) is 10.1 Å². The van der Waals surface area contributed by atoms with Gasteiger partial charge in [0.2, 0.25) is 0 Å². The Labute approximate surface area is 175 Å². The molecule has 6 nitrogen and oxygen atoms in total. The maximum absolute atomic E-state index is 14.8. The first-order chi connectivity index (χ1) is 14.3. The summed E-state index contributed by atoms with van der Waals surface area (Å²) in [5, 5.41) is 4.61. The fraction of sp³-hybridized carbons (Fsp3) is 0.0952. The molecule has 0 spiro atoms. The maximum atomic E-state index is 14.8. The van der Waals surface area contributed by atoms with Crippen molar-refractivity contribution in [2.24, 2.45) is 17.8 Å². The molecule has 2 aromatic carbocycles. The molecule has 1 aliphatic rings. The Kier molecular flexibility index (Phi) is 5.09. The van der Waals surface area contributed by atoms with Crippen molar-refractivity contribution >= 4 is 28.9 Å². The molecule has 0 radical (unpaired) electrons. The van der Waals surface area contributed by atoms with Gasteiger partial charge in [-0.15, -0.1) is 0 Å². The predicted octanol–water partition coefficient (Wildman–Crippen LogP) is 3.90. The number of nitrogens with two attached hydrogens (primary N) is 1. The second-order valence-electron chi connectivity index (χ2n) is 6.72. The van der Waals surface area contributed by atoms with Crippen LogP contribution in [-0.4, -0.2) is 27.9 Å². The molecule has 0 atom stereocenters. The van der Waals surface area contributed by atoms with Crippen molar-refractivity contribution in [2.75, 3.05) is 11.4 Å². The summed E-state index contributed by atoms with van der Waals surface area (Å²) in [4.78, 5) is 17.1. The van der Waals surface area contributed by atoms with Crippen molar-refractivity contribution in [3.8, 4) is 11.1 Å². The van der Waals surface area contributed by atoms with E-state index in [9.17, 15) is 13.6 Å². The number of nitrogens with zero attached hydrogens (tertiary/aromatic N) is 4. The van der Waals surface area contributed by atoms with Crippen LogP contribution in [0.1, 0.15) is 15.9 Å². The lowest BCUT2D eigenvalue weighted by molar-refractivity contribution is 0.0996. The Morgan fingerprint density at radius 3 is 2.70 bits per heavy atom. The van der Waals surface area contributed by atoms with Crippen LogP contribution in [0.5, 0.6) is 0 Å². The number of primary amides is 1. The number of hydrogen-bond donors (Lipinski definition) is 1. The summed E-state index contributed by atoms with van der Waals surface area (Å²) in [6, 6.07) is 7.47. The predicted molar refractivity (Wildman–Crippen MR) is 112 cm³/mol. The highest BCUT2D eigenvalue weighted by molar-refractivity contribution is 6.34. The fourth-order valence-electron chi connectivity index (χ4n) is 3.26. The molecule has 4 rings (SSSR count). The summed E-state index contributed by atoms with van der Waals surface area (Å²) in [6.45, 7) is 0.0444. The van der Waals surface area contributed by atoms with Gasteiger partial charge in [-0.25, -0.2) is 8.78 Å². The minimum Gasteiger partial charge on any atom is -0.366 e. The normalized spacial score (nSPS) is 13.5. The average molecular weight is 428 g/mol. The Morgan fingerprint density at radius 1 is 1.20 bits per heavy atom. The molecule has 3 aromatic rings. The van der Waals surface area contributed by atoms with E-state index in [0.717, 1.165) is 23.3 Å². The Balaban J connectivity index is 1.71. The van der Waals surface area contributed by atoms with Gasteiger partial charge in [-0.1, -0.05) is 17.7 Å². The number of carbonyl (C=O) groups is 1. The van der Waals surface area contributed by atoms with Gasteiger partial charge >= 0.3 is 0 Å². The lowest BCUT2D eigenvalue weighted by Crippen LogP contribution is -2.30. The molecule has 0 fully saturated rings. The first kappa shape index (κ1) is 19.8. The minimum absolute atomic E-state index is 0.0444. The summed E-state index contributed by atoms with van der Waals surface area (Å²) in [7, 11) is 1.82. The molecule has 30 heavy (non-hydrogen) atoms. The molecule has 0 aliphatic carbocycles. The zero-order valence-electron chi connectivity index (χ0n) is 15.8. The van der Waals surface area contributed by atoms with Gasteiger partial charge in [-0.2, -0.15) is 5.10 Å². The first-order valence-electron chi connectivity index (χ1n) is 8.92. The number of amides is 1. The zero-order chi connectivity index (χ0) is 21.4. The highest BCUT2D eigenvalue weighted by Gasteiger charge is 2.24. The third-order valence-electron chi connectivity index (χ3n) is 4.73. The maximum Gasteiger partial charge on any atom is 0.251 e. The number of rotatable bonds is 4. The van der Waals surface area contributed by atoms with Crippen LogP contribution in [0.25, 0.3) is 11.1 Å². The van der Waals surface area contributed by atoms with Crippen molar-refractivity contribution in [1.82, 2.24) is 9.78 Å². The van der Waals surface area contributed by atoms with Crippen LogP contribution >= 0.6 is 11.6 Å². The number of hydrogen-bond acceptors (Lipinski definition) is 4. The van der Waals surface area contributed by atoms with Crippen LogP contribution in [0.3, 0.4) is 0 Å². The van der Waals surface area contributed by atoms with E-state index in [-0.39, 0.29) is 17.8 Å². The Morgan fingerprint density at radius 2 is 2.00 bits per heavy atom. The number of benzene rings is 2. The standard InChI is InChI=1S/C21H16ClF2N5O/c1-28-10-13(9-27-28)12-2-4-16(22)15(8-12)18-11-29(7-6-26-18)20-17(23)5-3-14(19(20)24)21(25)30/h2-10H,11H2,1H3,(H2,25,30). The summed E-state index contributed by atoms with van der Waals surface area (Å²) in [5.74, 6) is -2.82. The third kappa shape index (κ3) is 3.57. The second-order valence-corrected chi connectivity index (χ2v) is 7.13. The molecule has 2 N–H and O–H groups in total. The molecule has 0 saturated heterocycles. The number of aliphatic imine (C=N–C) groups is 1. The lowest BCUT2D eigenvalue weighted by Gasteiger charge is -2.26. The summed E-state index contributed by atoms with van der Waals surface area (Å²) in [5.41, 5.74) is 7.32. The minimum atomic E-state index is -1.02. The molecule has 2 heterocycles. The highest BCUT2D eigenvalue weighted by Crippen LogP contribution is 2.30. The number of aromatic nitrogens is 2. The second kappa shape index (κ2) is 7.72. The smallest absolute Gasteiger partial charge is 0.251 e. The van der Waals surface area contributed by atoms with Crippen molar-refractivity contribution in [1.29, 1.82) is 0 Å². The quantitative estimate of drug-likeness (QED) is 0.686. The van der Waals surface area contributed by atoms with Crippen LogP contribution in [0.15, 0.2) is 60.1 Å². The van der Waals surface area contributed by atoms with E-state index in [1.165, 1.54) is 17.3 Å². The molecule has 9 heteroatoms. The van der Waals surface area contributed by atoms with E-state index in [1.54, 1.807) is 16.9 Å². The lowest BCUT2D eigenvalue weighted by atomic mass is 10.0. The van der Waals surface area contributed by atoms with Gasteiger partial charge in [0.25, 0.3) is 5.91 Å². The van der Waals surface area contributed by atoms with Crippen molar-refractivity contribution in [2.45, 2.75) is 0 Å². The molecular weight excluding hydrogens is 412 g/mol. The SMILES string of the molecule is Cn1cc(-c2ccc(Cl)c(C3=NC=CN(c4c(F)ccc(C(N)=O)c4F)C3)c2)cn1. The molecule has 0 unspecified atom stereocenters. The van der Waals surface area contributed by atoms with Gasteiger partial charge < -0.3 is 10.6 Å². The molecular formula is C21H16ClF2N5O. The molecule has 1 aromatic heterocycles. The number of halogens is 3. The van der Waals surface area contributed by atoms with E-state index >= 15 is 0 Å². The molecule has 0 saturated carbocycles. The number of aryl methyl sites for hydroxylation is 1. The largest absolute Gasteiger partial charge is 0.366 e. The van der Waals surface area contributed by atoms with E-state index < -0.39 is 17.5 Å². The van der Waals surface area contributed by atoms with Gasteiger partial charge in [0.1, 0.15) is 11.5 Å². The van der Waals surface area contributed by atoms with Crippen LogP contribution in [0, 0.1) is 11.6 Å². The summed E-state index contributed by atoms with van der Waals surface area (Å²) in [6.07, 6.45) is 6.43. The van der Waals surface area contributed by atoms with Crippen LogP contribution < -0.4 is 10.6 Å². The Hall–Kier alpha value is -3.52. The fourth-order valence-corrected chi connectivity index (χ4v) is 3.48. The molecule has 0 bridgehead atoms. The number of anilines is 1. The van der Waals surface area contributed by atoms with Gasteiger partial charge in [-0.3, -0.25) is 14.5 Å². The van der Waals surface area contributed by atoms with Crippen LogP contribution in [0.4, 0.5) is 14.5 Å². The van der Waals surface area contributed by atoms with Crippen LogP contribution in [0.2, 0.25) is 5.02 Å². The van der Waals surface area contributed by atoms with Crippen LogP contribution in [-0.2, 0) is 7.05 Å². The van der Waals surface area contributed by atoms with Gasteiger partial charge in [0.05, 0.1) is 24.0 Å². The van der Waals surface area contributed by atoms with Gasteiger partial charge in [0, 0.05) is 41.8 Å². The first-order valence-corrected chi connectivity index (χ1v) is 9.29. The summed E-state index contributed by atoms with van der Waals surface area (Å²) < 4.78 is 30.9. The topological polar surface area (TPSA) is 76.5 Å². The van der Waals surface area contributed by atoms with Crippen molar-refractivity contribution < 1.29 is 13.6 Å². The van der Waals surface area contributed by atoms with Gasteiger partial charge in [-0.05, 0) is 29.8 Å². The third-order valence-corrected chi connectivity index (χ3v) is 5.06. The number of carbonyl (C=O) groups excluding carboxylic acids is 1. The molecule has 1 aliphatic heterocycles. The highest BCUT2D eigenvalue weighted by atomic mass is 35.5. The van der Waals surface area contributed by atoms with Crippen molar-refractivity contribution in [3.05, 3.63) is 82.9 Å². The van der Waals surface area contributed by atoms with E-state index in [1.807, 2.05) is 25.4 Å². The van der Waals surface area contributed by atoms with Crippen molar-refractivity contribution in [3.63, 3.8) is 0 Å². The average Bonchev–Trinajstić information content (AvgIpc) is 3.14. The monoisotopic (exact) mass is 427 g/mol. The van der Waals surface area contributed by atoms with Gasteiger partial charge in [0.15, 0.2) is 5.82 Å². The molecule has 152 valence electrons. The zero-order valence-corrected chi connectivity index (χ0v) is 16.6. The van der Waals surface area contributed by atoms with E-state index in [4.69, 9.17) is 17.3 Å².